The molecule has 9 heteroatoms. The predicted octanol–water partition coefficient (Wildman–Crippen LogP) is 3.13. The van der Waals surface area contributed by atoms with Gasteiger partial charge in [0.05, 0.1) is 11.2 Å². The summed E-state index contributed by atoms with van der Waals surface area (Å²) in [5, 5.41) is 6.13. The average molecular weight is 470 g/mol. The third-order valence-corrected chi connectivity index (χ3v) is 7.11. The number of sulfonamides is 1. The number of nitrogens with zero attached hydrogens (tertiary/aromatic N) is 3. The quantitative estimate of drug-likeness (QED) is 0.421. The van der Waals surface area contributed by atoms with Crippen LogP contribution >= 0.6 is 0 Å². The topological polar surface area (TPSA) is 96.3 Å². The maximum Gasteiger partial charge on any atom is 0.251 e. The van der Waals surface area contributed by atoms with Gasteiger partial charge in [-0.1, -0.05) is 31.2 Å². The summed E-state index contributed by atoms with van der Waals surface area (Å²) < 4.78 is 28.6. The van der Waals surface area contributed by atoms with Crippen molar-refractivity contribution in [3.05, 3.63) is 77.9 Å². The summed E-state index contributed by atoms with van der Waals surface area (Å²) >= 11 is 0. The van der Waals surface area contributed by atoms with Gasteiger partial charge in [-0.05, 0) is 42.2 Å². The normalized spacial score (nSPS) is 11.5. The summed E-state index contributed by atoms with van der Waals surface area (Å²) in [4.78, 5) is 16.9. The largest absolute Gasteiger partial charge is 0.381 e. The van der Waals surface area contributed by atoms with E-state index < -0.39 is 10.0 Å². The average Bonchev–Trinajstić information content (AvgIpc) is 3.34. The van der Waals surface area contributed by atoms with Crippen LogP contribution in [0.25, 0.3) is 0 Å². The number of hydrogen-bond acceptors (Lipinski definition) is 5. The highest BCUT2D eigenvalue weighted by Crippen LogP contribution is 2.22. The summed E-state index contributed by atoms with van der Waals surface area (Å²) in [6.45, 7) is 3.82. The van der Waals surface area contributed by atoms with E-state index in [1.807, 2.05) is 22.9 Å². The van der Waals surface area contributed by atoms with Crippen LogP contribution in [0.5, 0.6) is 0 Å². The minimum absolute atomic E-state index is 0.0717. The predicted molar refractivity (Wildman–Crippen MR) is 130 cm³/mol. The molecule has 3 aromatic rings. The molecule has 0 saturated heterocycles. The molecule has 0 saturated carbocycles. The van der Waals surface area contributed by atoms with E-state index in [-0.39, 0.29) is 10.8 Å². The lowest BCUT2D eigenvalue weighted by atomic mass is 10.1. The Bertz CT molecular complexity index is 1160. The van der Waals surface area contributed by atoms with E-state index in [4.69, 9.17) is 0 Å². The number of carbonyl (C=O) groups is 1. The number of imidazole rings is 1. The van der Waals surface area contributed by atoms with Crippen LogP contribution in [0.2, 0.25) is 0 Å². The number of anilines is 1. The molecule has 33 heavy (non-hydrogen) atoms. The molecule has 2 aromatic carbocycles. The van der Waals surface area contributed by atoms with E-state index in [1.54, 1.807) is 24.7 Å². The number of benzene rings is 2. The summed E-state index contributed by atoms with van der Waals surface area (Å²) in [5.41, 5.74) is 3.19. The Morgan fingerprint density at radius 3 is 2.45 bits per heavy atom. The SMILES string of the molecule is CCc1ccc(CNc2cc(C(=O)NCCCn3ccnc3)cc(S(=O)(=O)N(C)C)c2)cc1. The molecule has 3 rings (SSSR count). The van der Waals surface area contributed by atoms with Gasteiger partial charge in [0, 0.05) is 57.4 Å². The highest BCUT2D eigenvalue weighted by atomic mass is 32.2. The standard InChI is InChI=1S/C24H31N5O3S/c1-4-19-6-8-20(9-7-19)17-27-22-14-21(15-23(16-22)33(31,32)28(2)3)24(30)26-10-5-12-29-13-11-25-18-29/h6-9,11,13-16,18,27H,4-5,10,12,17H2,1-3H3,(H,26,30). The van der Waals surface area contributed by atoms with Crippen molar-refractivity contribution in [2.45, 2.75) is 37.8 Å². The molecule has 1 aromatic heterocycles. The molecule has 176 valence electrons. The van der Waals surface area contributed by atoms with Gasteiger partial charge in [0.1, 0.15) is 0 Å². The highest BCUT2D eigenvalue weighted by Gasteiger charge is 2.20. The molecule has 1 amide bonds. The lowest BCUT2D eigenvalue weighted by molar-refractivity contribution is 0.0952. The highest BCUT2D eigenvalue weighted by molar-refractivity contribution is 7.89. The van der Waals surface area contributed by atoms with E-state index in [0.29, 0.717) is 24.3 Å². The lowest BCUT2D eigenvalue weighted by Crippen LogP contribution is -2.26. The molecule has 8 nitrogen and oxygen atoms in total. The summed E-state index contributed by atoms with van der Waals surface area (Å²) in [7, 11) is -0.754. The molecule has 0 spiro atoms. The molecule has 0 fully saturated rings. The van der Waals surface area contributed by atoms with Crippen LogP contribution in [0.1, 0.15) is 34.8 Å². The maximum absolute atomic E-state index is 12.8. The second-order valence-corrected chi connectivity index (χ2v) is 10.1. The van der Waals surface area contributed by atoms with Gasteiger partial charge in [-0.2, -0.15) is 0 Å². The van der Waals surface area contributed by atoms with Gasteiger partial charge in [0.15, 0.2) is 0 Å². The number of nitrogens with one attached hydrogen (secondary N) is 2. The molecule has 2 N–H and O–H groups in total. The monoisotopic (exact) mass is 469 g/mol. The van der Waals surface area contributed by atoms with Gasteiger partial charge in [-0.15, -0.1) is 0 Å². The number of aromatic nitrogens is 2. The Hall–Kier alpha value is -3.17. The number of amides is 1. The first-order valence-corrected chi connectivity index (χ1v) is 12.4. The zero-order chi connectivity index (χ0) is 23.8. The lowest BCUT2D eigenvalue weighted by Gasteiger charge is -2.15. The van der Waals surface area contributed by atoms with Crippen molar-refractivity contribution in [1.82, 2.24) is 19.2 Å². The van der Waals surface area contributed by atoms with Gasteiger partial charge in [0.25, 0.3) is 5.91 Å². The van der Waals surface area contributed by atoms with Crippen LogP contribution in [0, 0.1) is 0 Å². The number of hydrogen-bond donors (Lipinski definition) is 2. The molecule has 1 heterocycles. The van der Waals surface area contributed by atoms with Gasteiger partial charge in [-0.25, -0.2) is 17.7 Å². The first kappa shape index (κ1) is 24.5. The van der Waals surface area contributed by atoms with E-state index >= 15 is 0 Å². The van der Waals surface area contributed by atoms with Crippen molar-refractivity contribution < 1.29 is 13.2 Å². The van der Waals surface area contributed by atoms with Crippen molar-refractivity contribution in [2.24, 2.45) is 0 Å². The van der Waals surface area contributed by atoms with Crippen LogP contribution < -0.4 is 10.6 Å². The Morgan fingerprint density at radius 1 is 1.09 bits per heavy atom. The van der Waals surface area contributed by atoms with Gasteiger partial charge < -0.3 is 15.2 Å². The van der Waals surface area contributed by atoms with E-state index in [0.717, 1.165) is 29.3 Å². The van der Waals surface area contributed by atoms with Crippen LogP contribution in [-0.2, 0) is 29.5 Å². The van der Waals surface area contributed by atoms with Crippen LogP contribution in [0.4, 0.5) is 5.69 Å². The third kappa shape index (κ3) is 6.66. The minimum Gasteiger partial charge on any atom is -0.381 e. The number of aryl methyl sites for hydroxylation is 2. The zero-order valence-electron chi connectivity index (χ0n) is 19.3. The van der Waals surface area contributed by atoms with Crippen molar-refractivity contribution in [1.29, 1.82) is 0 Å². The van der Waals surface area contributed by atoms with Crippen molar-refractivity contribution in [3.8, 4) is 0 Å². The molecular weight excluding hydrogens is 438 g/mol. The molecule has 0 aliphatic carbocycles. The maximum atomic E-state index is 12.8. The Kier molecular flexibility index (Phi) is 8.24. The fourth-order valence-corrected chi connectivity index (χ4v) is 4.25. The second-order valence-electron chi connectivity index (χ2n) is 7.97. The third-order valence-electron chi connectivity index (χ3n) is 5.31. The Balaban J connectivity index is 1.74. The first-order chi connectivity index (χ1) is 15.8. The summed E-state index contributed by atoms with van der Waals surface area (Å²) in [6, 6.07) is 12.9. The van der Waals surface area contributed by atoms with E-state index in [1.165, 1.54) is 25.7 Å². The van der Waals surface area contributed by atoms with Gasteiger partial charge in [0.2, 0.25) is 10.0 Å². The molecule has 0 unspecified atom stereocenters. The van der Waals surface area contributed by atoms with Crippen LogP contribution in [0.3, 0.4) is 0 Å². The molecule has 0 aliphatic rings. The minimum atomic E-state index is -3.70. The van der Waals surface area contributed by atoms with E-state index in [2.05, 4.69) is 34.7 Å². The van der Waals surface area contributed by atoms with Crippen molar-refractivity contribution in [2.75, 3.05) is 26.0 Å². The fraction of sp³-hybridized carbons (Fsp3) is 0.333. The number of carbonyl (C=O) groups excluding carboxylic acids is 1. The Morgan fingerprint density at radius 2 is 1.82 bits per heavy atom. The van der Waals surface area contributed by atoms with Crippen molar-refractivity contribution >= 4 is 21.6 Å². The molecule has 0 aliphatic heterocycles. The van der Waals surface area contributed by atoms with Crippen molar-refractivity contribution in [3.63, 3.8) is 0 Å². The summed E-state index contributed by atoms with van der Waals surface area (Å²) in [5.74, 6) is -0.313. The molecular formula is C24H31N5O3S. The smallest absolute Gasteiger partial charge is 0.251 e. The molecule has 0 bridgehead atoms. The van der Waals surface area contributed by atoms with Gasteiger partial charge >= 0.3 is 0 Å². The van der Waals surface area contributed by atoms with Crippen LogP contribution in [-0.4, -0.2) is 48.8 Å². The zero-order valence-corrected chi connectivity index (χ0v) is 20.1. The first-order valence-electron chi connectivity index (χ1n) is 10.9. The van der Waals surface area contributed by atoms with Crippen LogP contribution in [0.15, 0.2) is 66.1 Å². The summed E-state index contributed by atoms with van der Waals surface area (Å²) in [6.07, 6.45) is 7.01. The van der Waals surface area contributed by atoms with E-state index in [9.17, 15) is 13.2 Å². The number of rotatable bonds is 11. The van der Waals surface area contributed by atoms with Gasteiger partial charge in [-0.3, -0.25) is 4.79 Å². The Labute approximate surface area is 195 Å². The molecule has 0 atom stereocenters. The second kappa shape index (κ2) is 11.1. The molecule has 0 radical (unpaired) electrons. The fourth-order valence-electron chi connectivity index (χ4n) is 3.27.